The van der Waals surface area contributed by atoms with Gasteiger partial charge in [0, 0.05) is 12.5 Å². The highest BCUT2D eigenvalue weighted by Crippen LogP contribution is 2.41. The Morgan fingerprint density at radius 1 is 1.00 bits per heavy atom. The molecule has 38 heavy (non-hydrogen) atoms. The minimum absolute atomic E-state index is 0.160. The van der Waals surface area contributed by atoms with Crippen molar-refractivity contribution in [3.05, 3.63) is 59.2 Å². The van der Waals surface area contributed by atoms with E-state index >= 15 is 0 Å². The SMILES string of the molecule is Cc1nc(N[C@@H](C)c2nc3ccccc3s2)nc(N[C@@]2(O)CC[C@H](CO)[C@H]2O)c1-c1nc2ccccc2s1. The molecule has 11 heteroatoms. The van der Waals surface area contributed by atoms with Crippen molar-refractivity contribution in [1.82, 2.24) is 19.9 Å². The molecule has 0 saturated heterocycles. The van der Waals surface area contributed by atoms with Crippen LogP contribution in [0.15, 0.2) is 48.5 Å². The smallest absolute Gasteiger partial charge is 0.225 e. The normalized spacial score (nSPS) is 22.2. The van der Waals surface area contributed by atoms with Gasteiger partial charge in [0.05, 0.1) is 37.7 Å². The zero-order valence-corrected chi connectivity index (χ0v) is 22.6. The van der Waals surface area contributed by atoms with Crippen LogP contribution in [-0.4, -0.2) is 53.7 Å². The van der Waals surface area contributed by atoms with Gasteiger partial charge in [-0.15, -0.1) is 22.7 Å². The Bertz CT molecular complexity index is 1560. The van der Waals surface area contributed by atoms with E-state index in [1.54, 1.807) is 11.3 Å². The first-order chi connectivity index (χ1) is 18.3. The molecular formula is C27H28N6O3S2. The summed E-state index contributed by atoms with van der Waals surface area (Å²) in [6.45, 7) is 3.68. The number of fused-ring (bicyclic) bond motifs is 2. The van der Waals surface area contributed by atoms with E-state index in [9.17, 15) is 15.3 Å². The number of nitrogens with one attached hydrogen (secondary N) is 2. The average molecular weight is 549 g/mol. The third kappa shape index (κ3) is 4.50. The van der Waals surface area contributed by atoms with Crippen molar-refractivity contribution in [2.75, 3.05) is 17.2 Å². The lowest BCUT2D eigenvalue weighted by atomic mass is 10.0. The van der Waals surface area contributed by atoms with Crippen molar-refractivity contribution in [2.45, 2.75) is 44.6 Å². The first kappa shape index (κ1) is 25.1. The number of anilines is 2. The average Bonchev–Trinajstić information content (AvgIpc) is 3.59. The predicted molar refractivity (Wildman–Crippen MR) is 151 cm³/mol. The molecule has 0 bridgehead atoms. The first-order valence-corrected chi connectivity index (χ1v) is 14.1. The third-order valence-electron chi connectivity index (χ3n) is 7.03. The van der Waals surface area contributed by atoms with Crippen LogP contribution in [0.1, 0.15) is 36.5 Å². The summed E-state index contributed by atoms with van der Waals surface area (Å²) in [4.78, 5) is 19.1. The maximum absolute atomic E-state index is 11.4. The predicted octanol–water partition coefficient (Wildman–Crippen LogP) is 4.71. The van der Waals surface area contributed by atoms with E-state index in [4.69, 9.17) is 19.9 Å². The highest BCUT2D eigenvalue weighted by atomic mass is 32.1. The van der Waals surface area contributed by atoms with Crippen molar-refractivity contribution in [3.8, 4) is 10.6 Å². The van der Waals surface area contributed by atoms with Crippen molar-refractivity contribution < 1.29 is 15.3 Å². The highest BCUT2D eigenvalue weighted by molar-refractivity contribution is 7.21. The molecule has 2 aromatic carbocycles. The minimum Gasteiger partial charge on any atom is -0.396 e. The first-order valence-electron chi connectivity index (χ1n) is 12.5. The second kappa shape index (κ2) is 9.83. The third-order valence-corrected chi connectivity index (χ3v) is 9.30. The number of aromatic nitrogens is 4. The van der Waals surface area contributed by atoms with Crippen LogP contribution in [0.25, 0.3) is 31.0 Å². The van der Waals surface area contributed by atoms with E-state index in [1.165, 1.54) is 11.3 Å². The molecular weight excluding hydrogens is 520 g/mol. The summed E-state index contributed by atoms with van der Waals surface area (Å²) in [6, 6.07) is 15.7. The van der Waals surface area contributed by atoms with Gasteiger partial charge in [0.2, 0.25) is 5.95 Å². The summed E-state index contributed by atoms with van der Waals surface area (Å²) in [5, 5.41) is 39.9. The van der Waals surface area contributed by atoms with Gasteiger partial charge in [-0.25, -0.2) is 15.0 Å². The van der Waals surface area contributed by atoms with Gasteiger partial charge >= 0.3 is 0 Å². The summed E-state index contributed by atoms with van der Waals surface area (Å²) >= 11 is 3.13. The Labute approximate surface area is 227 Å². The standard InChI is InChI=1S/C27H28N6O3S2/c1-14-21(25-31-18-8-4-6-10-20(18)38-25)23(33-27(36)12-11-16(13-34)22(27)35)32-26(28-14)29-15(2)24-30-17-7-3-5-9-19(17)37-24/h3-10,15-16,22,34-36H,11-13H2,1-2H3,(H2,28,29,32,33)/t15-,16+,22+,27+/m0/s1. The monoisotopic (exact) mass is 548 g/mol. The van der Waals surface area contributed by atoms with E-state index in [1.807, 2.05) is 62.4 Å². The number of benzene rings is 2. The maximum atomic E-state index is 11.4. The summed E-state index contributed by atoms with van der Waals surface area (Å²) in [6.07, 6.45) is -0.391. The number of aliphatic hydroxyl groups excluding tert-OH is 2. The quantitative estimate of drug-likeness (QED) is 0.183. The minimum atomic E-state index is -1.64. The van der Waals surface area contributed by atoms with Crippen LogP contribution in [0.2, 0.25) is 0 Å². The lowest BCUT2D eigenvalue weighted by Gasteiger charge is -2.31. The van der Waals surface area contributed by atoms with Gasteiger partial charge in [-0.1, -0.05) is 24.3 Å². The molecule has 9 nitrogen and oxygen atoms in total. The number of hydrogen-bond donors (Lipinski definition) is 5. The number of rotatable bonds is 7. The molecule has 5 aromatic rings. The number of hydrogen-bond acceptors (Lipinski definition) is 11. The molecule has 3 aromatic heterocycles. The number of aryl methyl sites for hydroxylation is 1. The van der Waals surface area contributed by atoms with Crippen LogP contribution in [0, 0.1) is 12.8 Å². The Kier molecular flexibility index (Phi) is 6.48. The van der Waals surface area contributed by atoms with E-state index < -0.39 is 17.7 Å². The molecule has 196 valence electrons. The topological polar surface area (TPSA) is 136 Å². The van der Waals surface area contributed by atoms with E-state index in [0.29, 0.717) is 34.5 Å². The van der Waals surface area contributed by atoms with Gasteiger partial charge in [0.1, 0.15) is 21.9 Å². The molecule has 1 aliphatic rings. The van der Waals surface area contributed by atoms with Gasteiger partial charge in [0.15, 0.2) is 5.72 Å². The van der Waals surface area contributed by atoms with Crippen LogP contribution < -0.4 is 10.6 Å². The fourth-order valence-electron chi connectivity index (χ4n) is 4.93. The number of nitrogens with zero attached hydrogens (tertiary/aromatic N) is 4. The molecule has 4 atom stereocenters. The summed E-state index contributed by atoms with van der Waals surface area (Å²) in [5.74, 6) is 0.324. The van der Waals surface area contributed by atoms with Crippen LogP contribution in [0.4, 0.5) is 11.8 Å². The lowest BCUT2D eigenvalue weighted by Crippen LogP contribution is -2.48. The van der Waals surface area contributed by atoms with E-state index in [2.05, 4.69) is 10.6 Å². The zero-order valence-electron chi connectivity index (χ0n) is 20.9. The molecule has 0 aliphatic heterocycles. The summed E-state index contributed by atoms with van der Waals surface area (Å²) in [7, 11) is 0. The second-order valence-corrected chi connectivity index (χ2v) is 11.8. The molecule has 0 spiro atoms. The van der Waals surface area contributed by atoms with Crippen molar-refractivity contribution >= 4 is 54.9 Å². The Hall–Kier alpha value is -3.22. The lowest BCUT2D eigenvalue weighted by molar-refractivity contribution is -0.0545. The Morgan fingerprint density at radius 3 is 2.34 bits per heavy atom. The van der Waals surface area contributed by atoms with Gasteiger partial charge in [-0.2, -0.15) is 4.98 Å². The molecule has 1 aliphatic carbocycles. The maximum Gasteiger partial charge on any atom is 0.225 e. The fraction of sp³-hybridized carbons (Fsp3) is 0.333. The number of aliphatic hydroxyl groups is 3. The van der Waals surface area contributed by atoms with Crippen LogP contribution >= 0.6 is 22.7 Å². The largest absolute Gasteiger partial charge is 0.396 e. The van der Waals surface area contributed by atoms with Crippen LogP contribution in [0.3, 0.4) is 0 Å². The van der Waals surface area contributed by atoms with Crippen molar-refractivity contribution in [3.63, 3.8) is 0 Å². The van der Waals surface area contributed by atoms with Crippen LogP contribution in [-0.2, 0) is 0 Å². The summed E-state index contributed by atoms with van der Waals surface area (Å²) in [5.41, 5.74) is 1.51. The molecule has 5 N–H and O–H groups in total. The second-order valence-electron chi connectivity index (χ2n) is 9.70. The highest BCUT2D eigenvalue weighted by Gasteiger charge is 2.47. The van der Waals surface area contributed by atoms with Crippen molar-refractivity contribution in [1.29, 1.82) is 0 Å². The summed E-state index contributed by atoms with van der Waals surface area (Å²) < 4.78 is 2.14. The molecule has 3 heterocycles. The van der Waals surface area contributed by atoms with Gasteiger partial charge in [0.25, 0.3) is 0 Å². The molecule has 0 radical (unpaired) electrons. The van der Waals surface area contributed by atoms with E-state index in [0.717, 1.165) is 25.4 Å². The van der Waals surface area contributed by atoms with E-state index in [-0.39, 0.29) is 19.1 Å². The van der Waals surface area contributed by atoms with Gasteiger partial charge in [-0.3, -0.25) is 0 Å². The van der Waals surface area contributed by atoms with Gasteiger partial charge < -0.3 is 26.0 Å². The molecule has 0 unspecified atom stereocenters. The Balaban J connectivity index is 1.39. The van der Waals surface area contributed by atoms with Crippen molar-refractivity contribution in [2.24, 2.45) is 5.92 Å². The van der Waals surface area contributed by atoms with Gasteiger partial charge in [-0.05, 0) is 51.0 Å². The molecule has 6 rings (SSSR count). The number of thiazole rings is 2. The molecule has 1 fully saturated rings. The number of para-hydroxylation sites is 2. The molecule has 0 amide bonds. The Morgan fingerprint density at radius 2 is 1.68 bits per heavy atom. The fourth-order valence-corrected chi connectivity index (χ4v) is 6.96. The van der Waals surface area contributed by atoms with Crippen LogP contribution in [0.5, 0.6) is 0 Å². The molecule has 1 saturated carbocycles. The zero-order chi connectivity index (χ0) is 26.4.